The highest BCUT2D eigenvalue weighted by Crippen LogP contribution is 2.24. The lowest BCUT2D eigenvalue weighted by Gasteiger charge is -2.13. The number of hydrogen-bond acceptors (Lipinski definition) is 8. The first-order valence-electron chi connectivity index (χ1n) is 14.5. The van der Waals surface area contributed by atoms with Gasteiger partial charge in [-0.05, 0) is 78.9 Å². The Hall–Kier alpha value is -4.97. The molecule has 2 aromatic carbocycles. The molecule has 0 amide bonds. The van der Waals surface area contributed by atoms with Gasteiger partial charge in [-0.3, -0.25) is 33.5 Å². The Balaban J connectivity index is 0.000000178. The van der Waals surface area contributed by atoms with Gasteiger partial charge in [-0.1, -0.05) is 12.1 Å². The van der Waals surface area contributed by atoms with Crippen LogP contribution in [-0.4, -0.2) is 56.1 Å². The highest BCUT2D eigenvalue weighted by atomic mass is 16.5. The molecule has 6 aromatic rings. The van der Waals surface area contributed by atoms with Crippen molar-refractivity contribution >= 4 is 49.6 Å². The van der Waals surface area contributed by atoms with E-state index in [0.29, 0.717) is 34.6 Å². The van der Waals surface area contributed by atoms with Gasteiger partial charge in [0.2, 0.25) is 0 Å². The summed E-state index contributed by atoms with van der Waals surface area (Å²) in [7, 11) is 3.11. The normalized spacial score (nSPS) is 11.3. The van der Waals surface area contributed by atoms with Crippen molar-refractivity contribution < 1.29 is 24.5 Å². The van der Waals surface area contributed by atoms with E-state index < -0.39 is 5.97 Å². The molecule has 0 aliphatic heterocycles. The lowest BCUT2D eigenvalue weighted by molar-refractivity contribution is -0.136. The molecule has 0 radical (unpaired) electrons. The number of benzene rings is 2. The van der Waals surface area contributed by atoms with Crippen molar-refractivity contribution in [2.24, 2.45) is 0 Å². The minimum atomic E-state index is -0.836. The van der Waals surface area contributed by atoms with E-state index in [2.05, 4.69) is 9.97 Å². The summed E-state index contributed by atoms with van der Waals surface area (Å²) in [5, 5.41) is 20.7. The second-order valence-electron chi connectivity index (χ2n) is 10.5. The number of aliphatic hydroxyl groups is 1. The van der Waals surface area contributed by atoms with Crippen LogP contribution in [0.25, 0.3) is 43.6 Å². The Labute approximate surface area is 257 Å². The van der Waals surface area contributed by atoms with Crippen LogP contribution in [0.4, 0.5) is 0 Å². The van der Waals surface area contributed by atoms with E-state index in [1.807, 2.05) is 36.4 Å². The van der Waals surface area contributed by atoms with Crippen LogP contribution in [0.1, 0.15) is 24.0 Å². The van der Waals surface area contributed by atoms with Gasteiger partial charge in [0.05, 0.1) is 32.8 Å². The van der Waals surface area contributed by atoms with Crippen molar-refractivity contribution in [1.82, 2.24) is 19.1 Å². The molecule has 0 fully saturated rings. The van der Waals surface area contributed by atoms with Gasteiger partial charge in [0.1, 0.15) is 13.5 Å². The molecule has 0 saturated heterocycles. The molecule has 4 aromatic heterocycles. The molecule has 232 valence electrons. The summed E-state index contributed by atoms with van der Waals surface area (Å²) in [5.41, 5.74) is 4.64. The summed E-state index contributed by atoms with van der Waals surface area (Å²) >= 11 is 0. The van der Waals surface area contributed by atoms with Gasteiger partial charge in [0, 0.05) is 50.4 Å². The molecule has 45 heavy (non-hydrogen) atoms. The van der Waals surface area contributed by atoms with Crippen LogP contribution >= 0.6 is 0 Å². The Morgan fingerprint density at radius 1 is 0.733 bits per heavy atom. The Bertz CT molecular complexity index is 2120. The van der Waals surface area contributed by atoms with Gasteiger partial charge >= 0.3 is 5.97 Å². The molecule has 0 unspecified atom stereocenters. The molecule has 0 saturated carbocycles. The number of aromatic nitrogens is 4. The summed E-state index contributed by atoms with van der Waals surface area (Å²) in [5.74, 6) is -0.836. The number of aliphatic carboxylic acids is 1. The molecule has 0 aliphatic carbocycles. The second kappa shape index (κ2) is 14.2. The van der Waals surface area contributed by atoms with Crippen LogP contribution in [0.5, 0.6) is 0 Å². The number of rotatable bonds is 10. The summed E-state index contributed by atoms with van der Waals surface area (Å²) < 4.78 is 13.5. The molecular weight excluding hydrogens is 576 g/mol. The average molecular weight is 611 g/mol. The van der Waals surface area contributed by atoms with Crippen LogP contribution in [0.2, 0.25) is 0 Å². The zero-order chi connectivity index (χ0) is 31.9. The van der Waals surface area contributed by atoms with Crippen molar-refractivity contribution in [2.45, 2.75) is 39.1 Å². The van der Waals surface area contributed by atoms with Gasteiger partial charge in [0.25, 0.3) is 11.1 Å². The van der Waals surface area contributed by atoms with E-state index in [4.69, 9.17) is 19.7 Å². The first kappa shape index (κ1) is 31.5. The predicted molar refractivity (Wildman–Crippen MR) is 172 cm³/mol. The van der Waals surface area contributed by atoms with Crippen LogP contribution in [0.3, 0.4) is 0 Å². The van der Waals surface area contributed by atoms with E-state index in [1.165, 1.54) is 7.11 Å². The minimum absolute atomic E-state index is 0.0641. The molecule has 4 heterocycles. The number of aryl methyl sites for hydroxylation is 2. The van der Waals surface area contributed by atoms with E-state index in [1.54, 1.807) is 52.9 Å². The van der Waals surface area contributed by atoms with Crippen LogP contribution in [-0.2, 0) is 40.6 Å². The van der Waals surface area contributed by atoms with E-state index in [-0.39, 0.29) is 37.6 Å². The second-order valence-corrected chi connectivity index (χ2v) is 10.5. The van der Waals surface area contributed by atoms with Crippen molar-refractivity contribution in [1.29, 1.82) is 0 Å². The summed E-state index contributed by atoms with van der Waals surface area (Å²) in [6.07, 6.45) is 5.35. The highest BCUT2D eigenvalue weighted by molar-refractivity contribution is 6.04. The number of fused-ring (bicyclic) bond motifs is 6. The number of aliphatic hydroxyl groups excluding tert-OH is 1. The maximum absolute atomic E-state index is 12.6. The molecule has 0 atom stereocenters. The van der Waals surface area contributed by atoms with Crippen LogP contribution in [0.15, 0.2) is 82.6 Å². The average Bonchev–Trinajstić information content (AvgIpc) is 3.07. The fourth-order valence-corrected chi connectivity index (χ4v) is 5.47. The zero-order valence-electron chi connectivity index (χ0n) is 25.1. The number of carboxylic acid groups (broad SMARTS) is 1. The van der Waals surface area contributed by atoms with Gasteiger partial charge < -0.3 is 19.7 Å². The lowest BCUT2D eigenvalue weighted by atomic mass is 10.0. The molecule has 6 rings (SSSR count). The lowest BCUT2D eigenvalue weighted by Crippen LogP contribution is -2.22. The van der Waals surface area contributed by atoms with Gasteiger partial charge in [0.15, 0.2) is 0 Å². The van der Waals surface area contributed by atoms with Crippen LogP contribution < -0.4 is 11.1 Å². The van der Waals surface area contributed by atoms with E-state index in [0.717, 1.165) is 39.4 Å². The fourth-order valence-electron chi connectivity index (χ4n) is 5.47. The number of pyridine rings is 4. The molecule has 0 spiro atoms. The van der Waals surface area contributed by atoms with Crippen LogP contribution in [0, 0.1) is 0 Å². The predicted octanol–water partition coefficient (Wildman–Crippen LogP) is 4.25. The SMILES string of the molecule is COCn1c(=O)c2cccnc2c2cc(CCC(=O)O)ccc21.COCn1c(=O)c2cccnc2c2cc(CCCO)ccc21. The van der Waals surface area contributed by atoms with E-state index >= 15 is 0 Å². The zero-order valence-corrected chi connectivity index (χ0v) is 25.1. The number of carbonyl (C=O) groups is 1. The van der Waals surface area contributed by atoms with Crippen molar-refractivity contribution in [3.8, 4) is 0 Å². The molecule has 11 nitrogen and oxygen atoms in total. The number of hydrogen-bond donors (Lipinski definition) is 2. The quantitative estimate of drug-likeness (QED) is 0.217. The number of ether oxygens (including phenoxy) is 2. The number of methoxy groups -OCH3 is 2. The van der Waals surface area contributed by atoms with Gasteiger partial charge in [-0.25, -0.2) is 0 Å². The molecule has 11 heteroatoms. The van der Waals surface area contributed by atoms with Gasteiger partial charge in [-0.2, -0.15) is 0 Å². The number of carboxylic acids is 1. The monoisotopic (exact) mass is 610 g/mol. The molecule has 2 N–H and O–H groups in total. The first-order chi connectivity index (χ1) is 21.9. The Morgan fingerprint density at radius 3 is 1.67 bits per heavy atom. The first-order valence-corrected chi connectivity index (χ1v) is 14.5. The van der Waals surface area contributed by atoms with Crippen molar-refractivity contribution in [3.05, 3.63) is 105 Å². The van der Waals surface area contributed by atoms with Crippen molar-refractivity contribution in [2.75, 3.05) is 20.8 Å². The molecule has 0 aliphatic rings. The maximum atomic E-state index is 12.6. The third-order valence-electron chi connectivity index (χ3n) is 7.55. The summed E-state index contributed by atoms with van der Waals surface area (Å²) in [6, 6.07) is 18.5. The van der Waals surface area contributed by atoms with E-state index in [9.17, 15) is 14.4 Å². The summed E-state index contributed by atoms with van der Waals surface area (Å²) in [4.78, 5) is 44.7. The Kier molecular flexibility index (Phi) is 9.93. The minimum Gasteiger partial charge on any atom is -0.481 e. The fraction of sp³-hybridized carbons (Fsp3) is 0.265. The third kappa shape index (κ3) is 6.60. The van der Waals surface area contributed by atoms with Crippen molar-refractivity contribution in [3.63, 3.8) is 0 Å². The van der Waals surface area contributed by atoms with Gasteiger partial charge in [-0.15, -0.1) is 0 Å². The topological polar surface area (TPSA) is 146 Å². The standard InChI is InChI=1S/C17H16N2O4.C17H18N2O3/c1-23-10-19-14-6-4-11(5-7-15(20)21)9-13(14)16-12(17(19)22)3-2-8-18-16;1-22-11-19-15-7-6-12(4-3-9-20)10-14(15)16-13(17(19)21)5-2-8-18-16/h2-4,6,8-9H,5,7,10H2,1H3,(H,20,21);2,5-8,10,20H,3-4,9,11H2,1H3. The molecule has 0 bridgehead atoms. The highest BCUT2D eigenvalue weighted by Gasteiger charge is 2.13. The summed E-state index contributed by atoms with van der Waals surface area (Å²) in [6.45, 7) is 0.519. The third-order valence-corrected chi connectivity index (χ3v) is 7.55. The smallest absolute Gasteiger partial charge is 0.303 e. The largest absolute Gasteiger partial charge is 0.481 e. The Morgan fingerprint density at radius 2 is 1.22 bits per heavy atom. The molecular formula is C34H34N4O7. The number of nitrogens with zero attached hydrogens (tertiary/aromatic N) is 4. The maximum Gasteiger partial charge on any atom is 0.303 e.